The maximum atomic E-state index is 13.7. The molecule has 0 bridgehead atoms. The van der Waals surface area contributed by atoms with Crippen molar-refractivity contribution in [2.24, 2.45) is 16.0 Å². The van der Waals surface area contributed by atoms with Crippen molar-refractivity contribution in [3.8, 4) is 11.5 Å². The Hall–Kier alpha value is -5.56. The molecule has 5 rings (SSSR count). The number of amides is 2. The minimum absolute atomic E-state index is 0.0135. The van der Waals surface area contributed by atoms with Crippen LogP contribution in [0.3, 0.4) is 0 Å². The number of anilines is 1. The van der Waals surface area contributed by atoms with Gasteiger partial charge in [0.05, 0.1) is 35.1 Å². The number of carboxylic acids is 1. The predicted molar refractivity (Wildman–Crippen MR) is 166 cm³/mol. The summed E-state index contributed by atoms with van der Waals surface area (Å²) >= 11 is 0. The number of phenols is 1. The lowest BCUT2D eigenvalue weighted by atomic mass is 10.0. The van der Waals surface area contributed by atoms with Crippen molar-refractivity contribution in [2.45, 2.75) is 51.3 Å². The third-order valence-corrected chi connectivity index (χ3v) is 7.84. The molecular formula is C33H33N5O8. The van der Waals surface area contributed by atoms with Gasteiger partial charge in [-0.05, 0) is 67.6 Å². The smallest absolute Gasteiger partial charge is 0.339 e. The zero-order chi connectivity index (χ0) is 33.0. The number of nitrogens with zero attached hydrogens (tertiary/aromatic N) is 3. The summed E-state index contributed by atoms with van der Waals surface area (Å²) in [6.45, 7) is 1.78. The van der Waals surface area contributed by atoms with E-state index in [-0.39, 0.29) is 54.0 Å². The molecule has 2 aliphatic rings. The van der Waals surface area contributed by atoms with Crippen LogP contribution in [0.25, 0.3) is 0 Å². The maximum absolute atomic E-state index is 13.7. The number of carbonyl (C=O) groups excluding carboxylic acids is 3. The maximum Gasteiger partial charge on any atom is 0.339 e. The largest absolute Gasteiger partial charge is 0.507 e. The first-order valence-electron chi connectivity index (χ1n) is 14.6. The molecule has 46 heavy (non-hydrogen) atoms. The van der Waals surface area contributed by atoms with E-state index < -0.39 is 24.1 Å². The van der Waals surface area contributed by atoms with Crippen LogP contribution >= 0.6 is 0 Å². The van der Waals surface area contributed by atoms with Gasteiger partial charge in [0.25, 0.3) is 5.91 Å². The zero-order valence-corrected chi connectivity index (χ0v) is 25.2. The average molecular weight is 628 g/mol. The van der Waals surface area contributed by atoms with Gasteiger partial charge in [-0.25, -0.2) is 4.79 Å². The molecule has 2 amide bonds. The first-order chi connectivity index (χ1) is 22.0. The first-order valence-corrected chi connectivity index (χ1v) is 14.6. The number of aromatic carboxylic acids is 1. The number of rotatable bonds is 11. The molecule has 0 radical (unpaired) electrons. The number of ether oxygens (including phenoxy) is 2. The van der Waals surface area contributed by atoms with Gasteiger partial charge < -0.3 is 35.6 Å². The van der Waals surface area contributed by atoms with Gasteiger partial charge in [0.15, 0.2) is 5.75 Å². The highest BCUT2D eigenvalue weighted by molar-refractivity contribution is 6.03. The van der Waals surface area contributed by atoms with E-state index in [0.717, 1.165) is 5.57 Å². The number of nitrogens with one attached hydrogen (secondary N) is 1. The molecule has 5 N–H and O–H groups in total. The summed E-state index contributed by atoms with van der Waals surface area (Å²) in [7, 11) is 1.52. The van der Waals surface area contributed by atoms with Gasteiger partial charge in [0.2, 0.25) is 5.91 Å². The topological polar surface area (TPSA) is 193 Å². The van der Waals surface area contributed by atoms with E-state index in [1.165, 1.54) is 25.3 Å². The molecule has 0 fully saturated rings. The minimum atomic E-state index is -1.29. The molecule has 0 unspecified atom stereocenters. The summed E-state index contributed by atoms with van der Waals surface area (Å²) in [6.07, 6.45) is 2.50. The zero-order valence-electron chi connectivity index (χ0n) is 25.2. The predicted octanol–water partition coefficient (Wildman–Crippen LogP) is 5.11. The Morgan fingerprint density at radius 2 is 1.85 bits per heavy atom. The highest BCUT2D eigenvalue weighted by atomic mass is 16.5. The molecule has 238 valence electrons. The van der Waals surface area contributed by atoms with Gasteiger partial charge in [-0.3, -0.25) is 14.4 Å². The molecule has 13 heteroatoms. The van der Waals surface area contributed by atoms with Gasteiger partial charge in [0, 0.05) is 19.7 Å². The summed E-state index contributed by atoms with van der Waals surface area (Å²) in [4.78, 5) is 51.1. The first kappa shape index (κ1) is 31.9. The molecule has 3 aromatic rings. The molecule has 0 saturated carbocycles. The highest BCUT2D eigenvalue weighted by Crippen LogP contribution is 2.40. The van der Waals surface area contributed by atoms with E-state index >= 15 is 0 Å². The number of aromatic hydroxyl groups is 1. The van der Waals surface area contributed by atoms with Crippen molar-refractivity contribution in [2.75, 3.05) is 12.4 Å². The average Bonchev–Trinajstić information content (AvgIpc) is 3.42. The molecule has 2 aliphatic heterocycles. The summed E-state index contributed by atoms with van der Waals surface area (Å²) in [5.74, 6) is -2.68. The fourth-order valence-corrected chi connectivity index (χ4v) is 5.45. The summed E-state index contributed by atoms with van der Waals surface area (Å²) in [5, 5.41) is 30.6. The van der Waals surface area contributed by atoms with E-state index in [0.29, 0.717) is 40.9 Å². The molecular weight excluding hydrogens is 594 g/mol. The number of azo groups is 1. The molecule has 2 heterocycles. The number of carboxylic acid groups (broad SMARTS) is 1. The Balaban J connectivity index is 1.32. The van der Waals surface area contributed by atoms with Gasteiger partial charge in [-0.1, -0.05) is 29.8 Å². The number of aryl methyl sites for hydroxylation is 2. The van der Waals surface area contributed by atoms with Crippen LogP contribution in [0, 0.1) is 6.92 Å². The lowest BCUT2D eigenvalue weighted by Gasteiger charge is -2.28. The highest BCUT2D eigenvalue weighted by Gasteiger charge is 2.41. The van der Waals surface area contributed by atoms with Crippen LogP contribution in [0.4, 0.5) is 17.1 Å². The number of fused-ring (bicyclic) bond motifs is 2. The second-order valence-electron chi connectivity index (χ2n) is 11.0. The van der Waals surface area contributed by atoms with Gasteiger partial charge in [-0.15, -0.1) is 0 Å². The standard InChI is InChI=1S/C33H33N5O8/c1-18-7-11-22-29(35-31(45-2)25-15-19(8-13-27(34)40)17-38(25)32(22)42)30(18)46-28(41)14-9-20-5-3-4-6-24(20)37-36-21-10-12-26(39)23(16-21)33(43)44/h3-7,10-12,16-17,25,31,35,39H,8-9,13-15H2,1-2H3,(H2,34,40)(H,43,44)/b37-36+/t25-,31+/m0/s1. The number of nitrogens with two attached hydrogens (primary N) is 1. The van der Waals surface area contributed by atoms with E-state index in [4.69, 9.17) is 15.2 Å². The molecule has 3 aromatic carbocycles. The Morgan fingerprint density at radius 1 is 1.07 bits per heavy atom. The summed E-state index contributed by atoms with van der Waals surface area (Å²) in [6, 6.07) is 14.0. The van der Waals surface area contributed by atoms with E-state index in [9.17, 15) is 29.4 Å². The second kappa shape index (κ2) is 13.6. The number of benzene rings is 3. The third-order valence-electron chi connectivity index (χ3n) is 7.84. The lowest BCUT2D eigenvalue weighted by Crippen LogP contribution is -2.43. The van der Waals surface area contributed by atoms with Crippen LogP contribution in [0.15, 0.2) is 76.6 Å². The number of carbonyl (C=O) groups is 4. The number of esters is 1. The van der Waals surface area contributed by atoms with Gasteiger partial charge in [-0.2, -0.15) is 10.2 Å². The second-order valence-corrected chi connectivity index (χ2v) is 11.0. The molecule has 0 saturated heterocycles. The van der Waals surface area contributed by atoms with Crippen molar-refractivity contribution in [1.82, 2.24) is 4.90 Å². The van der Waals surface area contributed by atoms with Gasteiger partial charge in [0.1, 0.15) is 17.5 Å². The van der Waals surface area contributed by atoms with Crippen molar-refractivity contribution < 1.29 is 38.9 Å². The quantitative estimate of drug-likeness (QED) is 0.127. The molecule has 13 nitrogen and oxygen atoms in total. The molecule has 0 aromatic heterocycles. The lowest BCUT2D eigenvalue weighted by molar-refractivity contribution is -0.134. The number of hydrogen-bond donors (Lipinski definition) is 4. The SMILES string of the molecule is CO[C@H]1Nc2c(ccc(C)c2OC(=O)CCc2ccccc2/N=N/c2ccc(O)c(C(=O)O)c2)C(=O)N2C=C(CCC(N)=O)C[C@@H]12. The third kappa shape index (κ3) is 6.89. The van der Waals surface area contributed by atoms with E-state index in [2.05, 4.69) is 15.5 Å². The Kier molecular flexibility index (Phi) is 9.42. The number of primary amides is 1. The van der Waals surface area contributed by atoms with Crippen LogP contribution in [0.1, 0.15) is 57.5 Å². The van der Waals surface area contributed by atoms with Crippen molar-refractivity contribution in [3.05, 3.63) is 88.6 Å². The Labute approximate surface area is 264 Å². The minimum Gasteiger partial charge on any atom is -0.507 e. The fraction of sp³-hybridized carbons (Fsp3) is 0.273. The molecule has 2 atom stereocenters. The monoisotopic (exact) mass is 627 g/mol. The van der Waals surface area contributed by atoms with E-state index in [1.807, 2.05) is 0 Å². The van der Waals surface area contributed by atoms with Crippen molar-refractivity contribution in [3.63, 3.8) is 0 Å². The number of methoxy groups -OCH3 is 1. The fourth-order valence-electron chi connectivity index (χ4n) is 5.45. The van der Waals surface area contributed by atoms with Crippen LogP contribution in [0.2, 0.25) is 0 Å². The Bertz CT molecular complexity index is 1770. The summed E-state index contributed by atoms with van der Waals surface area (Å²) in [5.41, 5.74) is 8.67. The van der Waals surface area contributed by atoms with Crippen LogP contribution in [-0.4, -0.2) is 58.2 Å². The number of hydrogen-bond acceptors (Lipinski definition) is 10. The van der Waals surface area contributed by atoms with Crippen LogP contribution in [-0.2, 0) is 20.7 Å². The van der Waals surface area contributed by atoms with E-state index in [1.54, 1.807) is 54.4 Å². The van der Waals surface area contributed by atoms with Crippen LogP contribution < -0.4 is 15.8 Å². The van der Waals surface area contributed by atoms with Crippen LogP contribution in [0.5, 0.6) is 11.5 Å². The normalized spacial score (nSPS) is 17.1. The molecule has 0 aliphatic carbocycles. The van der Waals surface area contributed by atoms with Gasteiger partial charge >= 0.3 is 11.9 Å². The molecule has 0 spiro atoms. The van der Waals surface area contributed by atoms with Crippen molar-refractivity contribution >= 4 is 40.8 Å². The van der Waals surface area contributed by atoms with Crippen molar-refractivity contribution in [1.29, 1.82) is 0 Å². The summed E-state index contributed by atoms with van der Waals surface area (Å²) < 4.78 is 11.6. The Morgan fingerprint density at radius 3 is 2.59 bits per heavy atom.